The van der Waals surface area contributed by atoms with Crippen LogP contribution < -0.4 is 10.7 Å². The van der Waals surface area contributed by atoms with E-state index in [-0.39, 0.29) is 12.1 Å². The van der Waals surface area contributed by atoms with E-state index in [1.54, 1.807) is 0 Å². The maximum atomic E-state index is 5.89. The average Bonchev–Trinajstić information content (AvgIpc) is 3.61. The first-order chi connectivity index (χ1) is 16.3. The van der Waals surface area contributed by atoms with Crippen molar-refractivity contribution in [1.29, 1.82) is 0 Å². The fourth-order valence-electron chi connectivity index (χ4n) is 4.34. The summed E-state index contributed by atoms with van der Waals surface area (Å²) in [6.45, 7) is 1.11. The number of ether oxygens (including phenoxy) is 2. The third-order valence-electron chi connectivity index (χ3n) is 6.03. The lowest BCUT2D eigenvalue weighted by Gasteiger charge is -2.03. The van der Waals surface area contributed by atoms with Crippen molar-refractivity contribution in [3.63, 3.8) is 0 Å². The average molecular weight is 434 g/mol. The molecule has 3 heterocycles. The van der Waals surface area contributed by atoms with Gasteiger partial charge < -0.3 is 14.5 Å². The highest BCUT2D eigenvalue weighted by Crippen LogP contribution is 2.24. The molecular formula is C28H23N3O2. The lowest BCUT2D eigenvalue weighted by atomic mass is 10.1. The summed E-state index contributed by atoms with van der Waals surface area (Å²) in [6, 6.07) is 28.8. The molecule has 2 aliphatic rings. The second kappa shape index (κ2) is 8.43. The first-order valence-electron chi connectivity index (χ1n) is 11.1. The smallest absolute Gasteiger partial charge is 0.211 e. The van der Waals surface area contributed by atoms with Crippen LogP contribution in [0.25, 0.3) is 22.9 Å². The van der Waals surface area contributed by atoms with Crippen molar-refractivity contribution < 1.29 is 9.47 Å². The van der Waals surface area contributed by atoms with Gasteiger partial charge in [-0.15, -0.1) is 0 Å². The minimum atomic E-state index is 0.0286. The fourth-order valence-corrected chi connectivity index (χ4v) is 4.34. The number of fused-ring (bicyclic) bond motifs is 1. The standard InChI is InChI=1S/C28H23N3O2/c1-3-9-19(10-4-1)25-17-32-27(30-25)15-23-21-13-7-8-14-22(21)24(29-23)16-28-31-26(18-33-28)20-11-5-2-6-12-20/h1-16,25-26,29H,17-18H2. The van der Waals surface area contributed by atoms with Crippen LogP contribution in [0.5, 0.6) is 0 Å². The van der Waals surface area contributed by atoms with Gasteiger partial charge >= 0.3 is 0 Å². The molecule has 5 nitrogen and oxygen atoms in total. The molecule has 1 N–H and O–H groups in total. The van der Waals surface area contributed by atoms with E-state index in [1.807, 2.05) is 60.7 Å². The number of hydrogen-bond acceptors (Lipinski definition) is 4. The molecule has 2 atom stereocenters. The Morgan fingerprint density at radius 2 is 1.03 bits per heavy atom. The fraction of sp³-hybridized carbons (Fsp3) is 0.143. The Hall–Kier alpha value is -4.12. The summed E-state index contributed by atoms with van der Waals surface area (Å²) in [5.74, 6) is 1.28. The number of rotatable bonds is 4. The van der Waals surface area contributed by atoms with E-state index in [0.717, 1.165) is 32.6 Å². The highest BCUT2D eigenvalue weighted by atomic mass is 16.5. The van der Waals surface area contributed by atoms with Gasteiger partial charge in [-0.05, 0) is 11.1 Å². The quantitative estimate of drug-likeness (QED) is 0.528. The van der Waals surface area contributed by atoms with Crippen molar-refractivity contribution >= 4 is 34.7 Å². The first kappa shape index (κ1) is 19.6. The molecule has 5 heteroatoms. The monoisotopic (exact) mass is 433 g/mol. The molecule has 0 radical (unpaired) electrons. The second-order valence-corrected chi connectivity index (χ2v) is 8.20. The zero-order chi connectivity index (χ0) is 22.0. The molecule has 4 aromatic rings. The summed E-state index contributed by atoms with van der Waals surface area (Å²) in [7, 11) is 0. The van der Waals surface area contributed by atoms with E-state index in [0.29, 0.717) is 25.0 Å². The molecule has 33 heavy (non-hydrogen) atoms. The number of H-pyrrole nitrogens is 1. The van der Waals surface area contributed by atoms with Gasteiger partial charge in [-0.25, -0.2) is 9.98 Å². The summed E-state index contributed by atoms with van der Waals surface area (Å²) in [6.07, 6.45) is 3.96. The summed E-state index contributed by atoms with van der Waals surface area (Å²) < 4.78 is 11.8. The van der Waals surface area contributed by atoms with Gasteiger partial charge in [0.2, 0.25) is 11.8 Å². The van der Waals surface area contributed by atoms with Gasteiger partial charge in [0.25, 0.3) is 0 Å². The van der Waals surface area contributed by atoms with Crippen LogP contribution >= 0.6 is 0 Å². The van der Waals surface area contributed by atoms with Crippen LogP contribution in [-0.2, 0) is 9.47 Å². The number of benzene rings is 3. The zero-order valence-corrected chi connectivity index (χ0v) is 18.0. The number of aromatic amines is 1. The van der Waals surface area contributed by atoms with Crippen molar-refractivity contribution in [2.45, 2.75) is 12.1 Å². The number of aromatic nitrogens is 1. The molecule has 162 valence electrons. The number of hydrogen-bond donors (Lipinski definition) is 1. The molecular weight excluding hydrogens is 410 g/mol. The van der Waals surface area contributed by atoms with Crippen LogP contribution in [-0.4, -0.2) is 30.0 Å². The van der Waals surface area contributed by atoms with Gasteiger partial charge in [0, 0.05) is 22.9 Å². The van der Waals surface area contributed by atoms with Gasteiger partial charge in [0.1, 0.15) is 25.3 Å². The van der Waals surface area contributed by atoms with Crippen LogP contribution in [0, 0.1) is 0 Å². The molecule has 0 saturated carbocycles. The second-order valence-electron chi connectivity index (χ2n) is 8.20. The van der Waals surface area contributed by atoms with Gasteiger partial charge in [-0.2, -0.15) is 0 Å². The Labute approximate surface area is 191 Å². The Morgan fingerprint density at radius 1 is 0.606 bits per heavy atom. The van der Waals surface area contributed by atoms with Gasteiger partial charge in [0.15, 0.2) is 0 Å². The SMILES string of the molecule is C(C1=NC(c2ccccc2)CO1)=c1[nH]c(=CC2=NC(c3ccccc3)CO2)c2ccccc12. The highest BCUT2D eigenvalue weighted by molar-refractivity contribution is 6.09. The third-order valence-corrected chi connectivity index (χ3v) is 6.03. The molecule has 0 aliphatic carbocycles. The van der Waals surface area contributed by atoms with Crippen molar-refractivity contribution in [3.05, 3.63) is 107 Å². The van der Waals surface area contributed by atoms with E-state index in [2.05, 4.69) is 41.4 Å². The highest BCUT2D eigenvalue weighted by Gasteiger charge is 2.20. The minimum Gasteiger partial charge on any atom is -0.475 e. The van der Waals surface area contributed by atoms with E-state index in [4.69, 9.17) is 19.5 Å². The molecule has 2 unspecified atom stereocenters. The van der Waals surface area contributed by atoms with Crippen LogP contribution in [0.4, 0.5) is 0 Å². The normalized spacial score (nSPS) is 21.1. The molecule has 3 aromatic carbocycles. The molecule has 0 bridgehead atoms. The van der Waals surface area contributed by atoms with Crippen LogP contribution in [0.2, 0.25) is 0 Å². The summed E-state index contributed by atoms with van der Waals surface area (Å²) in [5.41, 5.74) is 2.33. The summed E-state index contributed by atoms with van der Waals surface area (Å²) in [4.78, 5) is 13.1. The lowest BCUT2D eigenvalue weighted by molar-refractivity contribution is 0.323. The Bertz CT molecular complexity index is 1360. The Balaban J connectivity index is 1.37. The topological polar surface area (TPSA) is 59.0 Å². The first-order valence-corrected chi connectivity index (χ1v) is 11.1. The number of nitrogens with one attached hydrogen (secondary N) is 1. The largest absolute Gasteiger partial charge is 0.475 e. The number of aliphatic imine (C=N–C) groups is 2. The molecule has 0 amide bonds. The number of nitrogens with zero attached hydrogens (tertiary/aromatic N) is 2. The predicted octanol–water partition coefficient (Wildman–Crippen LogP) is 4.07. The van der Waals surface area contributed by atoms with Crippen LogP contribution in [0.3, 0.4) is 0 Å². The predicted molar refractivity (Wildman–Crippen MR) is 132 cm³/mol. The maximum Gasteiger partial charge on any atom is 0.211 e. The van der Waals surface area contributed by atoms with Crippen molar-refractivity contribution in [3.8, 4) is 0 Å². The van der Waals surface area contributed by atoms with Gasteiger partial charge in [-0.3, -0.25) is 0 Å². The van der Waals surface area contributed by atoms with Crippen molar-refractivity contribution in [2.75, 3.05) is 13.2 Å². The van der Waals surface area contributed by atoms with Crippen molar-refractivity contribution in [1.82, 2.24) is 4.98 Å². The Morgan fingerprint density at radius 3 is 1.48 bits per heavy atom. The summed E-state index contributed by atoms with van der Waals surface area (Å²) in [5, 5.41) is 4.14. The van der Waals surface area contributed by atoms with E-state index >= 15 is 0 Å². The third kappa shape index (κ3) is 3.94. The maximum absolute atomic E-state index is 5.89. The molecule has 0 saturated heterocycles. The van der Waals surface area contributed by atoms with Crippen molar-refractivity contribution in [2.24, 2.45) is 9.98 Å². The van der Waals surface area contributed by atoms with Crippen LogP contribution in [0.1, 0.15) is 23.2 Å². The molecule has 6 rings (SSSR count). The lowest BCUT2D eigenvalue weighted by Crippen LogP contribution is -2.14. The molecule has 0 spiro atoms. The summed E-state index contributed by atoms with van der Waals surface area (Å²) >= 11 is 0. The minimum absolute atomic E-state index is 0.0286. The molecule has 0 fully saturated rings. The van der Waals surface area contributed by atoms with Gasteiger partial charge in [0.05, 0.1) is 10.7 Å². The van der Waals surface area contributed by atoms with E-state index in [1.165, 1.54) is 0 Å². The molecule has 1 aromatic heterocycles. The van der Waals surface area contributed by atoms with E-state index < -0.39 is 0 Å². The zero-order valence-electron chi connectivity index (χ0n) is 18.0. The van der Waals surface area contributed by atoms with Gasteiger partial charge in [-0.1, -0.05) is 84.9 Å². The van der Waals surface area contributed by atoms with E-state index in [9.17, 15) is 0 Å². The molecule has 2 aliphatic heterocycles. The van der Waals surface area contributed by atoms with Crippen LogP contribution in [0.15, 0.2) is 94.9 Å². The Kier molecular flexibility index (Phi) is 5.00.